The fraction of sp³-hybridized carbons (Fsp3) is 0.442. The molecule has 0 radical (unpaired) electrons. The van der Waals surface area contributed by atoms with Crippen LogP contribution in [0.5, 0.6) is 0 Å². The maximum Gasteiger partial charge on any atom is 0.333 e. The summed E-state index contributed by atoms with van der Waals surface area (Å²) in [4.78, 5) is 43.1. The highest BCUT2D eigenvalue weighted by molar-refractivity contribution is 7.85. The van der Waals surface area contributed by atoms with Gasteiger partial charge in [0, 0.05) is 66.7 Å². The first-order chi connectivity index (χ1) is 25.5. The number of aryl methyl sites for hydroxylation is 2. The maximum absolute atomic E-state index is 12.3. The molecule has 2 amide bonds. The number of amides is 2. The number of carbonyl (C=O) groups excluding carboxylic acids is 3. The number of hydrogen-bond acceptors (Lipinski definition) is 7. The van der Waals surface area contributed by atoms with Crippen LogP contribution in [0, 0.1) is 13.8 Å². The van der Waals surface area contributed by atoms with E-state index in [9.17, 15) is 27.4 Å². The van der Waals surface area contributed by atoms with Crippen LogP contribution in [0.3, 0.4) is 0 Å². The average molecular weight is 757 g/mol. The molecule has 1 saturated heterocycles. The van der Waals surface area contributed by atoms with Crippen molar-refractivity contribution >= 4 is 45.0 Å². The van der Waals surface area contributed by atoms with E-state index in [2.05, 4.69) is 106 Å². The topological polar surface area (TPSA) is 124 Å². The number of imide groups is 1. The zero-order chi connectivity index (χ0) is 39.3. The second kappa shape index (κ2) is 16.8. The zero-order valence-electron chi connectivity index (χ0n) is 32.4. The highest BCUT2D eigenvalue weighted by Crippen LogP contribution is 2.48. The van der Waals surface area contributed by atoms with E-state index in [-0.39, 0.29) is 35.8 Å². The smallest absolute Gasteiger partial charge is 0.333 e. The largest absolute Gasteiger partial charge is 0.344 e. The Morgan fingerprint density at radius 3 is 2.19 bits per heavy atom. The van der Waals surface area contributed by atoms with Gasteiger partial charge in [-0.25, -0.2) is 4.79 Å². The summed E-state index contributed by atoms with van der Waals surface area (Å²) in [6.45, 7) is 14.5. The summed E-state index contributed by atoms with van der Waals surface area (Å²) in [5.74, 6) is -1.74. The van der Waals surface area contributed by atoms with Crippen LogP contribution in [0.4, 0.5) is 11.4 Å². The minimum Gasteiger partial charge on any atom is -0.344 e. The lowest BCUT2D eigenvalue weighted by Gasteiger charge is -2.27. The molecule has 3 aliphatic rings. The van der Waals surface area contributed by atoms with E-state index in [1.807, 2.05) is 24.3 Å². The van der Waals surface area contributed by atoms with E-state index in [0.717, 1.165) is 30.8 Å². The summed E-state index contributed by atoms with van der Waals surface area (Å²) in [6.07, 6.45) is 18.0. The maximum atomic E-state index is 12.3. The molecule has 1 fully saturated rings. The van der Waals surface area contributed by atoms with Gasteiger partial charge in [-0.1, -0.05) is 73.6 Å². The van der Waals surface area contributed by atoms with Crippen molar-refractivity contribution in [2.24, 2.45) is 0 Å². The summed E-state index contributed by atoms with van der Waals surface area (Å²) in [6, 6.07) is 13.0. The number of hydrogen-bond donors (Lipinski definition) is 1. The van der Waals surface area contributed by atoms with Gasteiger partial charge in [0.1, 0.15) is 6.54 Å². The fourth-order valence-electron chi connectivity index (χ4n) is 7.62. The lowest BCUT2D eigenvalue weighted by molar-refractivity contribution is -0.438. The lowest BCUT2D eigenvalue weighted by Crippen LogP contribution is -2.31. The molecule has 11 heteroatoms. The minimum atomic E-state index is -3.99. The molecule has 2 aromatic carbocycles. The van der Waals surface area contributed by atoms with E-state index in [1.165, 1.54) is 33.7 Å². The van der Waals surface area contributed by atoms with Gasteiger partial charge >= 0.3 is 5.97 Å². The van der Waals surface area contributed by atoms with Crippen LogP contribution in [-0.4, -0.2) is 64.9 Å². The highest BCUT2D eigenvalue weighted by atomic mass is 32.2. The van der Waals surface area contributed by atoms with Gasteiger partial charge in [0.05, 0.1) is 11.2 Å². The van der Waals surface area contributed by atoms with Crippen molar-refractivity contribution in [2.75, 3.05) is 23.7 Å². The average Bonchev–Trinajstić information content (AvgIpc) is 3.60. The molecule has 2 aromatic rings. The number of allylic oxidation sites excluding steroid dienone is 8. The molecule has 3 aliphatic heterocycles. The van der Waals surface area contributed by atoms with Crippen molar-refractivity contribution < 1.29 is 36.8 Å². The number of carbonyl (C=O) groups is 3. The molecule has 0 spiro atoms. The number of hydroxylamine groups is 2. The van der Waals surface area contributed by atoms with E-state index < -0.39 is 27.9 Å². The monoisotopic (exact) mass is 756 g/mol. The molecule has 0 aliphatic carbocycles. The van der Waals surface area contributed by atoms with Gasteiger partial charge < -0.3 is 9.74 Å². The second-order valence-corrected chi connectivity index (χ2v) is 17.1. The molecule has 10 nitrogen and oxygen atoms in total. The van der Waals surface area contributed by atoms with Crippen molar-refractivity contribution in [3.05, 3.63) is 107 Å². The predicted molar refractivity (Wildman–Crippen MR) is 212 cm³/mol. The van der Waals surface area contributed by atoms with Gasteiger partial charge in [-0.2, -0.15) is 13.0 Å². The van der Waals surface area contributed by atoms with E-state index in [1.54, 1.807) is 0 Å². The SMILES string of the molecule is Cc1ccc2c(c1)C(C)(C)C(=CC=CC=CC=CC1=[N+](CCCCCC(=O)ON3C(=O)CCC3=O)c3ccc(C)cc3C1(C)C)N2CCCCS(=O)(=O)O. The van der Waals surface area contributed by atoms with E-state index >= 15 is 0 Å². The van der Waals surface area contributed by atoms with Crippen LogP contribution in [0.15, 0.2) is 84.6 Å². The Morgan fingerprint density at radius 2 is 1.48 bits per heavy atom. The third kappa shape index (κ3) is 9.36. The van der Waals surface area contributed by atoms with Gasteiger partial charge in [-0.3, -0.25) is 14.1 Å². The van der Waals surface area contributed by atoms with Gasteiger partial charge in [-0.15, -0.1) is 5.06 Å². The summed E-state index contributed by atoms with van der Waals surface area (Å²) < 4.78 is 34.1. The molecule has 0 saturated carbocycles. The Morgan fingerprint density at radius 1 is 0.833 bits per heavy atom. The van der Waals surface area contributed by atoms with Gasteiger partial charge in [0.25, 0.3) is 21.9 Å². The Bertz CT molecular complexity index is 2040. The summed E-state index contributed by atoms with van der Waals surface area (Å²) in [5.41, 5.74) is 9.10. The number of fused-ring (bicyclic) bond motifs is 2. The Kier molecular flexibility index (Phi) is 12.6. The van der Waals surface area contributed by atoms with Crippen LogP contribution in [0.2, 0.25) is 0 Å². The van der Waals surface area contributed by atoms with E-state index in [0.29, 0.717) is 30.9 Å². The number of benzene rings is 2. The third-order valence-corrected chi connectivity index (χ3v) is 11.3. The van der Waals surface area contributed by atoms with Crippen molar-refractivity contribution in [2.45, 2.75) is 104 Å². The predicted octanol–water partition coefficient (Wildman–Crippen LogP) is 7.87. The second-order valence-electron chi connectivity index (χ2n) is 15.5. The number of unbranched alkanes of at least 4 members (excludes halogenated alkanes) is 3. The first-order valence-corrected chi connectivity index (χ1v) is 20.5. The molecular formula is C43H54N3O7S+. The van der Waals surface area contributed by atoms with Crippen LogP contribution in [-0.2, 0) is 40.2 Å². The quantitative estimate of drug-likeness (QED) is 0.0604. The summed E-state index contributed by atoms with van der Waals surface area (Å²) in [5, 5.41) is 0.606. The van der Waals surface area contributed by atoms with Crippen LogP contribution >= 0.6 is 0 Å². The van der Waals surface area contributed by atoms with Crippen LogP contribution in [0.25, 0.3) is 0 Å². The van der Waals surface area contributed by atoms with Crippen molar-refractivity contribution in [1.29, 1.82) is 0 Å². The molecule has 0 unspecified atom stereocenters. The molecular weight excluding hydrogens is 703 g/mol. The third-order valence-electron chi connectivity index (χ3n) is 10.5. The molecule has 0 atom stereocenters. The Balaban J connectivity index is 1.25. The first-order valence-electron chi connectivity index (χ1n) is 18.9. The minimum absolute atomic E-state index is 0.0808. The van der Waals surface area contributed by atoms with Crippen LogP contribution in [0.1, 0.15) is 101 Å². The molecule has 0 aromatic heterocycles. The fourth-order valence-corrected chi connectivity index (χ4v) is 8.19. The van der Waals surface area contributed by atoms with Crippen molar-refractivity contribution in [3.63, 3.8) is 0 Å². The molecule has 288 valence electrons. The Hall–Kier alpha value is -4.61. The van der Waals surface area contributed by atoms with E-state index in [4.69, 9.17) is 4.84 Å². The number of nitrogens with zero attached hydrogens (tertiary/aromatic N) is 3. The molecule has 3 heterocycles. The van der Waals surface area contributed by atoms with Crippen molar-refractivity contribution in [3.8, 4) is 0 Å². The molecule has 54 heavy (non-hydrogen) atoms. The summed E-state index contributed by atoms with van der Waals surface area (Å²) >= 11 is 0. The number of anilines is 1. The van der Waals surface area contributed by atoms with Gasteiger partial charge in [0.15, 0.2) is 5.71 Å². The Labute approximate surface area is 320 Å². The van der Waals surface area contributed by atoms with Crippen LogP contribution < -0.4 is 4.90 Å². The van der Waals surface area contributed by atoms with Gasteiger partial charge in [-0.05, 0) is 77.2 Å². The zero-order valence-corrected chi connectivity index (χ0v) is 33.2. The lowest BCUT2D eigenvalue weighted by atomic mass is 9.81. The van der Waals surface area contributed by atoms with Crippen molar-refractivity contribution in [1.82, 2.24) is 5.06 Å². The molecule has 0 bridgehead atoms. The first kappa shape index (κ1) is 40.6. The normalized spacial score (nSPS) is 18.7. The highest BCUT2D eigenvalue weighted by Gasteiger charge is 2.44. The summed E-state index contributed by atoms with van der Waals surface area (Å²) in [7, 11) is -3.99. The standard InChI is InChI=1S/C43H53N3O7S/c1-31-20-22-35-33(29-31)42(3,4)37(44(35)26-14-10-13-19-41(49)53-46-39(47)24-25-40(46)48)17-11-8-7-9-12-18-38-43(5,6)34-30-32(2)21-23-36(34)45(38)27-15-16-28-54(50,51)52/h7-9,11-12,17-18,20-23,29-30H,10,13-16,19,24-28H2,1-6H3/p+1. The number of rotatable bonds is 16. The molecule has 1 N–H and O–H groups in total. The van der Waals surface area contributed by atoms with Gasteiger partial charge in [0.2, 0.25) is 5.69 Å². The molecule has 5 rings (SSSR count).